The molecule has 0 aromatic carbocycles. The number of rotatable bonds is 4. The molecule has 0 aliphatic heterocycles. The molecule has 0 spiro atoms. The number of carboxylic acid groups (broad SMARTS) is 1. The first-order chi connectivity index (χ1) is 6.66. The van der Waals surface area contributed by atoms with Crippen molar-refractivity contribution in [3.05, 3.63) is 0 Å². The first-order valence-electron chi connectivity index (χ1n) is 4.28. The summed E-state index contributed by atoms with van der Waals surface area (Å²) in [5.41, 5.74) is 3.51. The highest BCUT2D eigenvalue weighted by atomic mass is 16.4. The minimum absolute atomic E-state index is 0.696. The third kappa shape index (κ3) is 4.30. The average molecular weight is 217 g/mol. The minimum Gasteiger partial charge on any atom is -0.480 e. The Morgan fingerprint density at radius 3 is 2.13 bits per heavy atom. The molecular formula is C8H15N3O4. The number of carbonyl (C=O) groups is 3. The quantitative estimate of drug-likeness (QED) is 0.483. The van der Waals surface area contributed by atoms with Crippen molar-refractivity contribution in [2.75, 3.05) is 0 Å². The summed E-state index contributed by atoms with van der Waals surface area (Å²) in [7, 11) is 0. The summed E-state index contributed by atoms with van der Waals surface area (Å²) in [6.07, 6.45) is 0. The molecule has 0 saturated carbocycles. The van der Waals surface area contributed by atoms with Crippen LogP contribution in [0.2, 0.25) is 0 Å². The molecule has 0 saturated heterocycles. The molecule has 5 N–H and O–H groups in total. The number of nitrogens with one attached hydrogen (secondary N) is 2. The third-order valence-corrected chi connectivity index (χ3v) is 1.74. The van der Waals surface area contributed by atoms with Crippen LogP contribution < -0.4 is 16.4 Å². The maximum atomic E-state index is 11.2. The van der Waals surface area contributed by atoms with E-state index >= 15 is 0 Å². The minimum atomic E-state index is -1.40. The largest absolute Gasteiger partial charge is 0.480 e. The Bertz CT molecular complexity index is 288. The summed E-state index contributed by atoms with van der Waals surface area (Å²) >= 11 is 0. The zero-order chi connectivity index (χ0) is 12.2. The normalized spacial score (nSPS) is 12.7. The summed E-state index contributed by atoms with van der Waals surface area (Å²) in [4.78, 5) is 32.4. The van der Waals surface area contributed by atoms with Gasteiger partial charge < -0.3 is 21.5 Å². The molecule has 0 aliphatic carbocycles. The van der Waals surface area contributed by atoms with E-state index in [1.807, 2.05) is 0 Å². The lowest BCUT2D eigenvalue weighted by Gasteiger charge is -2.22. The van der Waals surface area contributed by atoms with E-state index in [4.69, 9.17) is 10.8 Å². The molecule has 0 aliphatic rings. The van der Waals surface area contributed by atoms with E-state index in [2.05, 4.69) is 10.6 Å². The zero-order valence-corrected chi connectivity index (χ0v) is 8.83. The molecule has 7 heteroatoms. The predicted octanol–water partition coefficient (Wildman–Crippen LogP) is -0.977. The van der Waals surface area contributed by atoms with Crippen LogP contribution in [0.1, 0.15) is 20.8 Å². The maximum absolute atomic E-state index is 11.2. The number of nitrogens with two attached hydrogens (primary N) is 1. The standard InChI is InChI=1S/C8H15N3O4/c1-4(5(9)12)10-7(15)11-8(2,3)6(13)14/h4H,1-3H3,(H2,9,12)(H,13,14)(H2,10,11,15). The molecule has 0 bridgehead atoms. The maximum Gasteiger partial charge on any atom is 0.328 e. The van der Waals surface area contributed by atoms with Crippen LogP contribution in [0.25, 0.3) is 0 Å². The lowest BCUT2D eigenvalue weighted by molar-refractivity contribution is -0.142. The van der Waals surface area contributed by atoms with Gasteiger partial charge in [-0.05, 0) is 20.8 Å². The highest BCUT2D eigenvalue weighted by Gasteiger charge is 2.29. The van der Waals surface area contributed by atoms with Crippen molar-refractivity contribution in [3.63, 3.8) is 0 Å². The molecule has 1 atom stereocenters. The van der Waals surface area contributed by atoms with Gasteiger partial charge in [0.25, 0.3) is 0 Å². The SMILES string of the molecule is CC(NC(=O)NC(C)(C)C(=O)O)C(N)=O. The number of urea groups is 1. The van der Waals surface area contributed by atoms with Crippen molar-refractivity contribution >= 4 is 17.9 Å². The van der Waals surface area contributed by atoms with Crippen LogP contribution >= 0.6 is 0 Å². The highest BCUT2D eigenvalue weighted by molar-refractivity contribution is 5.89. The Labute approximate surface area is 87.0 Å². The van der Waals surface area contributed by atoms with Gasteiger partial charge in [0.1, 0.15) is 11.6 Å². The topological polar surface area (TPSA) is 122 Å². The number of hydrogen-bond acceptors (Lipinski definition) is 3. The molecule has 0 fully saturated rings. The summed E-state index contributed by atoms with van der Waals surface area (Å²) in [5, 5.41) is 13.1. The smallest absolute Gasteiger partial charge is 0.328 e. The summed E-state index contributed by atoms with van der Waals surface area (Å²) in [6.45, 7) is 4.05. The third-order valence-electron chi connectivity index (χ3n) is 1.74. The number of aliphatic carboxylic acids is 1. The molecule has 0 heterocycles. The van der Waals surface area contributed by atoms with E-state index in [1.165, 1.54) is 20.8 Å². The van der Waals surface area contributed by atoms with Gasteiger partial charge in [-0.2, -0.15) is 0 Å². The Morgan fingerprint density at radius 1 is 1.33 bits per heavy atom. The van der Waals surface area contributed by atoms with Crippen LogP contribution in [-0.4, -0.2) is 34.6 Å². The van der Waals surface area contributed by atoms with Gasteiger partial charge >= 0.3 is 12.0 Å². The molecule has 3 amide bonds. The Balaban J connectivity index is 4.27. The summed E-state index contributed by atoms with van der Waals surface area (Å²) in [5.74, 6) is -1.87. The van der Waals surface area contributed by atoms with Crippen LogP contribution in [0.3, 0.4) is 0 Å². The monoisotopic (exact) mass is 217 g/mol. The van der Waals surface area contributed by atoms with E-state index in [1.54, 1.807) is 0 Å². The van der Waals surface area contributed by atoms with Crippen molar-refractivity contribution in [1.29, 1.82) is 0 Å². The molecular weight excluding hydrogens is 202 g/mol. The van der Waals surface area contributed by atoms with Crippen LogP contribution in [0.4, 0.5) is 4.79 Å². The Hall–Kier alpha value is -1.79. The first kappa shape index (κ1) is 13.2. The van der Waals surface area contributed by atoms with Crippen molar-refractivity contribution in [2.45, 2.75) is 32.4 Å². The molecule has 86 valence electrons. The molecule has 0 aromatic rings. The Morgan fingerprint density at radius 2 is 1.80 bits per heavy atom. The molecule has 15 heavy (non-hydrogen) atoms. The summed E-state index contributed by atoms with van der Waals surface area (Å²) < 4.78 is 0. The fourth-order valence-electron chi connectivity index (χ4n) is 0.641. The second kappa shape index (κ2) is 4.63. The lowest BCUT2D eigenvalue weighted by atomic mass is 10.1. The number of carboxylic acids is 1. The second-order valence-electron chi connectivity index (χ2n) is 3.65. The van der Waals surface area contributed by atoms with E-state index in [0.717, 1.165) is 0 Å². The van der Waals surface area contributed by atoms with Gasteiger partial charge in [-0.15, -0.1) is 0 Å². The summed E-state index contributed by atoms with van der Waals surface area (Å²) in [6, 6.07) is -1.61. The number of carbonyl (C=O) groups excluding carboxylic acids is 2. The number of hydrogen-bond donors (Lipinski definition) is 4. The van der Waals surface area contributed by atoms with E-state index in [0.29, 0.717) is 0 Å². The second-order valence-corrected chi connectivity index (χ2v) is 3.65. The van der Waals surface area contributed by atoms with Crippen LogP contribution in [0.15, 0.2) is 0 Å². The zero-order valence-electron chi connectivity index (χ0n) is 8.83. The van der Waals surface area contributed by atoms with Gasteiger partial charge in [-0.25, -0.2) is 9.59 Å². The predicted molar refractivity (Wildman–Crippen MR) is 52.0 cm³/mol. The van der Waals surface area contributed by atoms with Gasteiger partial charge in [-0.1, -0.05) is 0 Å². The fourth-order valence-corrected chi connectivity index (χ4v) is 0.641. The van der Waals surface area contributed by atoms with Gasteiger partial charge in [0, 0.05) is 0 Å². The molecule has 0 rings (SSSR count). The van der Waals surface area contributed by atoms with Gasteiger partial charge in [0.05, 0.1) is 0 Å². The van der Waals surface area contributed by atoms with E-state index < -0.39 is 29.5 Å². The van der Waals surface area contributed by atoms with Crippen molar-refractivity contribution in [2.24, 2.45) is 5.73 Å². The van der Waals surface area contributed by atoms with Crippen molar-refractivity contribution in [1.82, 2.24) is 10.6 Å². The lowest BCUT2D eigenvalue weighted by Crippen LogP contribution is -2.56. The van der Waals surface area contributed by atoms with E-state index in [-0.39, 0.29) is 0 Å². The van der Waals surface area contributed by atoms with Crippen molar-refractivity contribution in [3.8, 4) is 0 Å². The number of amides is 3. The van der Waals surface area contributed by atoms with Crippen LogP contribution in [-0.2, 0) is 9.59 Å². The fraction of sp³-hybridized carbons (Fsp3) is 0.625. The van der Waals surface area contributed by atoms with Crippen LogP contribution in [0, 0.1) is 0 Å². The van der Waals surface area contributed by atoms with Crippen molar-refractivity contribution < 1.29 is 19.5 Å². The Kier molecular flexibility index (Phi) is 4.07. The van der Waals surface area contributed by atoms with Gasteiger partial charge in [0.15, 0.2) is 0 Å². The van der Waals surface area contributed by atoms with Gasteiger partial charge in [0.2, 0.25) is 5.91 Å². The van der Waals surface area contributed by atoms with Crippen LogP contribution in [0.5, 0.6) is 0 Å². The average Bonchev–Trinajstić information content (AvgIpc) is 2.01. The molecule has 0 aromatic heterocycles. The number of primary amides is 1. The first-order valence-corrected chi connectivity index (χ1v) is 4.28. The molecule has 7 nitrogen and oxygen atoms in total. The molecule has 0 radical (unpaired) electrons. The highest BCUT2D eigenvalue weighted by Crippen LogP contribution is 2.00. The molecule has 1 unspecified atom stereocenters. The van der Waals surface area contributed by atoms with Gasteiger partial charge in [-0.3, -0.25) is 4.79 Å². The van der Waals surface area contributed by atoms with E-state index in [9.17, 15) is 14.4 Å².